The summed E-state index contributed by atoms with van der Waals surface area (Å²) in [5.41, 5.74) is 0.853. The Morgan fingerprint density at radius 2 is 2.18 bits per heavy atom. The fourth-order valence-corrected chi connectivity index (χ4v) is 2.75. The fraction of sp³-hybridized carbons (Fsp3) is 0.533. The number of fused-ring (bicyclic) bond motifs is 1. The van der Waals surface area contributed by atoms with Crippen LogP contribution in [0.3, 0.4) is 0 Å². The van der Waals surface area contributed by atoms with Crippen LogP contribution in [-0.2, 0) is 4.79 Å². The van der Waals surface area contributed by atoms with Crippen LogP contribution in [0, 0.1) is 0 Å². The number of nitrogens with zero attached hydrogens (tertiary/aromatic N) is 4. The average Bonchev–Trinajstić information content (AvgIpc) is 2.98. The summed E-state index contributed by atoms with van der Waals surface area (Å²) in [7, 11) is 3.60. The summed E-state index contributed by atoms with van der Waals surface area (Å²) in [4.78, 5) is 27.3. The molecule has 0 radical (unpaired) electrons. The van der Waals surface area contributed by atoms with E-state index in [-0.39, 0.29) is 5.91 Å². The molecule has 7 heteroatoms. The first kappa shape index (κ1) is 14.8. The standard InChI is InChI=1S/C15H22N6O/c1-20(2)13(22)9-21-7-4-11(5-8-21)19-15-12-3-6-16-14(12)17-10-18-15/h3,6,10-11H,4-5,7-9H2,1-2H3,(H2,16,17,18,19). The van der Waals surface area contributed by atoms with Gasteiger partial charge in [0.25, 0.3) is 0 Å². The number of hydrogen-bond donors (Lipinski definition) is 2. The number of aromatic amines is 1. The van der Waals surface area contributed by atoms with E-state index in [9.17, 15) is 4.79 Å². The van der Waals surface area contributed by atoms with Crippen LogP contribution < -0.4 is 5.32 Å². The molecule has 2 aromatic heterocycles. The summed E-state index contributed by atoms with van der Waals surface area (Å²) in [6, 6.07) is 2.38. The summed E-state index contributed by atoms with van der Waals surface area (Å²) in [6.07, 6.45) is 5.47. The number of amides is 1. The monoisotopic (exact) mass is 302 g/mol. The molecule has 0 unspecified atom stereocenters. The third kappa shape index (κ3) is 3.19. The van der Waals surface area contributed by atoms with Crippen molar-refractivity contribution >= 4 is 22.8 Å². The molecule has 22 heavy (non-hydrogen) atoms. The largest absolute Gasteiger partial charge is 0.367 e. The maximum absolute atomic E-state index is 11.7. The van der Waals surface area contributed by atoms with Gasteiger partial charge in [-0.05, 0) is 18.9 Å². The van der Waals surface area contributed by atoms with Gasteiger partial charge in [0.15, 0.2) is 0 Å². The van der Waals surface area contributed by atoms with Crippen LogP contribution in [0.15, 0.2) is 18.6 Å². The lowest BCUT2D eigenvalue weighted by Crippen LogP contribution is -2.44. The number of hydrogen-bond acceptors (Lipinski definition) is 5. The number of anilines is 1. The molecule has 0 bridgehead atoms. The van der Waals surface area contributed by atoms with E-state index in [4.69, 9.17) is 0 Å². The number of likely N-dealkylation sites (N-methyl/N-ethyl adjacent to an activating group) is 1. The van der Waals surface area contributed by atoms with Gasteiger partial charge in [0.2, 0.25) is 5.91 Å². The Hall–Kier alpha value is -2.15. The number of rotatable bonds is 4. The Morgan fingerprint density at radius 3 is 2.91 bits per heavy atom. The third-order valence-corrected chi connectivity index (χ3v) is 4.14. The average molecular weight is 302 g/mol. The van der Waals surface area contributed by atoms with Gasteiger partial charge in [-0.3, -0.25) is 9.69 Å². The lowest BCUT2D eigenvalue weighted by molar-refractivity contribution is -0.130. The Labute approximate surface area is 129 Å². The van der Waals surface area contributed by atoms with Crippen LogP contribution in [0.25, 0.3) is 11.0 Å². The Kier molecular flexibility index (Phi) is 4.24. The van der Waals surface area contributed by atoms with Crippen LogP contribution >= 0.6 is 0 Å². The highest BCUT2D eigenvalue weighted by molar-refractivity contribution is 5.86. The van der Waals surface area contributed by atoms with Crippen molar-refractivity contribution in [2.45, 2.75) is 18.9 Å². The first-order chi connectivity index (χ1) is 10.6. The van der Waals surface area contributed by atoms with Gasteiger partial charge in [0, 0.05) is 39.4 Å². The highest BCUT2D eigenvalue weighted by Gasteiger charge is 2.22. The molecular formula is C15H22N6O. The van der Waals surface area contributed by atoms with Gasteiger partial charge < -0.3 is 15.2 Å². The molecule has 118 valence electrons. The van der Waals surface area contributed by atoms with Crippen molar-refractivity contribution in [3.05, 3.63) is 18.6 Å². The first-order valence-electron chi connectivity index (χ1n) is 7.60. The molecule has 1 aliphatic heterocycles. The summed E-state index contributed by atoms with van der Waals surface area (Å²) in [5, 5.41) is 4.53. The number of likely N-dealkylation sites (tertiary alicyclic amines) is 1. The number of nitrogens with one attached hydrogen (secondary N) is 2. The van der Waals surface area contributed by atoms with Crippen molar-refractivity contribution in [1.29, 1.82) is 0 Å². The van der Waals surface area contributed by atoms with Crippen LogP contribution in [0.2, 0.25) is 0 Å². The second kappa shape index (κ2) is 6.31. The van der Waals surface area contributed by atoms with E-state index in [1.807, 2.05) is 12.3 Å². The van der Waals surface area contributed by atoms with Crippen LogP contribution in [0.4, 0.5) is 5.82 Å². The van der Waals surface area contributed by atoms with E-state index < -0.39 is 0 Å². The molecule has 1 saturated heterocycles. The molecule has 0 atom stereocenters. The molecule has 2 aromatic rings. The zero-order valence-electron chi connectivity index (χ0n) is 13.0. The van der Waals surface area contributed by atoms with E-state index in [1.54, 1.807) is 25.3 Å². The van der Waals surface area contributed by atoms with E-state index in [0.29, 0.717) is 12.6 Å². The third-order valence-electron chi connectivity index (χ3n) is 4.14. The van der Waals surface area contributed by atoms with Crippen molar-refractivity contribution in [1.82, 2.24) is 24.8 Å². The van der Waals surface area contributed by atoms with Gasteiger partial charge in [-0.15, -0.1) is 0 Å². The zero-order chi connectivity index (χ0) is 15.5. The molecule has 0 aliphatic carbocycles. The fourth-order valence-electron chi connectivity index (χ4n) is 2.75. The molecule has 3 heterocycles. The molecule has 3 rings (SSSR count). The summed E-state index contributed by atoms with van der Waals surface area (Å²) < 4.78 is 0. The maximum atomic E-state index is 11.7. The minimum atomic E-state index is 0.163. The molecule has 0 aromatic carbocycles. The smallest absolute Gasteiger partial charge is 0.236 e. The summed E-state index contributed by atoms with van der Waals surface area (Å²) in [5.74, 6) is 1.05. The molecular weight excluding hydrogens is 280 g/mol. The number of piperidine rings is 1. The minimum absolute atomic E-state index is 0.163. The van der Waals surface area contributed by atoms with Gasteiger partial charge in [0.05, 0.1) is 11.9 Å². The molecule has 1 amide bonds. The highest BCUT2D eigenvalue weighted by Crippen LogP contribution is 2.21. The molecule has 1 aliphatic rings. The topological polar surface area (TPSA) is 77.2 Å². The normalized spacial score (nSPS) is 16.8. The molecule has 0 saturated carbocycles. The molecule has 1 fully saturated rings. The van der Waals surface area contributed by atoms with Gasteiger partial charge >= 0.3 is 0 Å². The van der Waals surface area contributed by atoms with Crippen LogP contribution in [0.5, 0.6) is 0 Å². The van der Waals surface area contributed by atoms with E-state index in [2.05, 4.69) is 25.2 Å². The second-order valence-corrected chi connectivity index (χ2v) is 5.95. The van der Waals surface area contributed by atoms with Crippen molar-refractivity contribution in [3.63, 3.8) is 0 Å². The van der Waals surface area contributed by atoms with Gasteiger partial charge in [-0.2, -0.15) is 0 Å². The number of aromatic nitrogens is 3. The lowest BCUT2D eigenvalue weighted by atomic mass is 10.0. The predicted molar refractivity (Wildman–Crippen MR) is 85.7 cm³/mol. The maximum Gasteiger partial charge on any atom is 0.236 e. The molecule has 2 N–H and O–H groups in total. The Bertz CT molecular complexity index is 644. The van der Waals surface area contributed by atoms with Gasteiger partial charge in [-0.25, -0.2) is 9.97 Å². The lowest BCUT2D eigenvalue weighted by Gasteiger charge is -2.32. The predicted octanol–water partition coefficient (Wildman–Crippen LogP) is 0.922. The van der Waals surface area contributed by atoms with Crippen LogP contribution in [0.1, 0.15) is 12.8 Å². The van der Waals surface area contributed by atoms with Crippen molar-refractivity contribution < 1.29 is 4.79 Å². The number of carbonyl (C=O) groups is 1. The van der Waals surface area contributed by atoms with Crippen molar-refractivity contribution in [2.24, 2.45) is 0 Å². The number of H-pyrrole nitrogens is 1. The van der Waals surface area contributed by atoms with E-state index in [0.717, 1.165) is 42.8 Å². The SMILES string of the molecule is CN(C)C(=O)CN1CCC(Nc2ncnc3[nH]ccc23)CC1. The number of carbonyl (C=O) groups excluding carboxylic acids is 1. The molecule has 7 nitrogen and oxygen atoms in total. The molecule has 0 spiro atoms. The van der Waals surface area contributed by atoms with E-state index >= 15 is 0 Å². The summed E-state index contributed by atoms with van der Waals surface area (Å²) in [6.45, 7) is 2.37. The quantitative estimate of drug-likeness (QED) is 0.878. The first-order valence-corrected chi connectivity index (χ1v) is 7.60. The van der Waals surface area contributed by atoms with E-state index in [1.165, 1.54) is 0 Å². The van der Waals surface area contributed by atoms with Crippen molar-refractivity contribution in [3.8, 4) is 0 Å². The van der Waals surface area contributed by atoms with Gasteiger partial charge in [0.1, 0.15) is 17.8 Å². The minimum Gasteiger partial charge on any atom is -0.367 e. The Balaban J connectivity index is 1.56. The summed E-state index contributed by atoms with van der Waals surface area (Å²) >= 11 is 0. The Morgan fingerprint density at radius 1 is 1.41 bits per heavy atom. The zero-order valence-corrected chi connectivity index (χ0v) is 13.0. The van der Waals surface area contributed by atoms with Crippen molar-refractivity contribution in [2.75, 3.05) is 39.0 Å². The van der Waals surface area contributed by atoms with Crippen LogP contribution in [-0.4, -0.2) is 70.4 Å². The highest BCUT2D eigenvalue weighted by atomic mass is 16.2. The second-order valence-electron chi connectivity index (χ2n) is 5.95. The van der Waals surface area contributed by atoms with Gasteiger partial charge in [-0.1, -0.05) is 0 Å².